The molecular formula is C68H112O6. The van der Waals surface area contributed by atoms with Gasteiger partial charge in [-0.05, 0) is 109 Å². The van der Waals surface area contributed by atoms with Gasteiger partial charge in [-0.2, -0.15) is 0 Å². The third kappa shape index (κ3) is 58.7. The maximum absolute atomic E-state index is 12.8. The molecule has 0 amide bonds. The molecule has 0 aromatic heterocycles. The summed E-state index contributed by atoms with van der Waals surface area (Å²) in [6.45, 7) is 6.38. The zero-order valence-corrected chi connectivity index (χ0v) is 48.1. The number of rotatable bonds is 54. The van der Waals surface area contributed by atoms with Crippen molar-refractivity contribution in [2.45, 2.75) is 277 Å². The van der Waals surface area contributed by atoms with Crippen molar-refractivity contribution in [3.8, 4) is 0 Å². The first-order chi connectivity index (χ1) is 36.5. The second kappa shape index (κ2) is 61.4. The Balaban J connectivity index is 4.37. The number of allylic oxidation sites excluding steroid dienone is 19. The topological polar surface area (TPSA) is 78.9 Å². The van der Waals surface area contributed by atoms with E-state index >= 15 is 0 Å². The maximum Gasteiger partial charge on any atom is 0.310 e. The Morgan fingerprint density at radius 3 is 0.932 bits per heavy atom. The van der Waals surface area contributed by atoms with Gasteiger partial charge in [0.1, 0.15) is 13.2 Å². The summed E-state index contributed by atoms with van der Waals surface area (Å²) in [6.07, 6.45) is 85.1. The average molecular weight is 1030 g/mol. The summed E-state index contributed by atoms with van der Waals surface area (Å²) >= 11 is 0. The van der Waals surface area contributed by atoms with Gasteiger partial charge in [-0.1, -0.05) is 264 Å². The molecule has 0 rings (SSSR count). The van der Waals surface area contributed by atoms with E-state index in [4.69, 9.17) is 14.2 Å². The lowest BCUT2D eigenvalue weighted by Gasteiger charge is -2.18. The lowest BCUT2D eigenvalue weighted by atomic mass is 10.0. The van der Waals surface area contributed by atoms with E-state index in [2.05, 4.69) is 130 Å². The van der Waals surface area contributed by atoms with Crippen LogP contribution in [0.1, 0.15) is 271 Å². The standard InChI is InChI=1S/C68H112O6/c1-4-7-10-13-16-19-22-25-28-29-30-31-32-33-34-35-36-37-38-39-41-43-46-49-52-55-58-61-67(70)73-64-65(63-72-66(69)60-57-54-51-48-45-42-27-24-21-18-15-12-9-6-3)74-68(71)62-59-56-53-50-47-44-40-26-23-20-17-14-11-8-5-2/h8,11,15,17-18,20,22,24-27,29-30,32-33,40,47,50,56,59,65H,4-7,9-10,12-14,16,19,21,23,28,31,34-39,41-46,48-49,51-55,57-58,60-64H2,1-3H3/b11-8-,18-15-,20-17-,25-22-,27-24-,30-29-,33-32-,40-26-,50-47-,59-56-. The first-order valence-corrected chi connectivity index (χ1v) is 30.5. The zero-order chi connectivity index (χ0) is 53.6. The van der Waals surface area contributed by atoms with Crippen molar-refractivity contribution in [2.75, 3.05) is 13.2 Å². The van der Waals surface area contributed by atoms with Gasteiger partial charge in [0.2, 0.25) is 0 Å². The van der Waals surface area contributed by atoms with E-state index in [0.29, 0.717) is 19.3 Å². The summed E-state index contributed by atoms with van der Waals surface area (Å²) in [7, 11) is 0. The highest BCUT2D eigenvalue weighted by molar-refractivity contribution is 5.72. The molecule has 0 aliphatic carbocycles. The zero-order valence-electron chi connectivity index (χ0n) is 48.1. The van der Waals surface area contributed by atoms with Crippen molar-refractivity contribution < 1.29 is 28.6 Å². The Labute approximate surface area is 456 Å². The molecule has 0 fully saturated rings. The van der Waals surface area contributed by atoms with Crippen molar-refractivity contribution in [1.82, 2.24) is 0 Å². The van der Waals surface area contributed by atoms with Gasteiger partial charge >= 0.3 is 17.9 Å². The fraction of sp³-hybridized carbons (Fsp3) is 0.662. The molecule has 0 N–H and O–H groups in total. The van der Waals surface area contributed by atoms with Crippen molar-refractivity contribution in [3.63, 3.8) is 0 Å². The predicted octanol–water partition coefficient (Wildman–Crippen LogP) is 20.8. The molecule has 0 radical (unpaired) electrons. The molecule has 0 aliphatic heterocycles. The molecule has 0 saturated heterocycles. The lowest BCUT2D eigenvalue weighted by molar-refractivity contribution is -0.166. The predicted molar refractivity (Wildman–Crippen MR) is 320 cm³/mol. The monoisotopic (exact) mass is 1020 g/mol. The van der Waals surface area contributed by atoms with Gasteiger partial charge in [0, 0.05) is 12.8 Å². The average Bonchev–Trinajstić information content (AvgIpc) is 3.40. The SMILES string of the molecule is CC/C=C\C/C=C\C/C=C\C/C=C\C/C=C\CC(=O)OC(COC(=O)CCCCCCC/C=C\C/C=C\CCCC)COC(=O)CCCCCCCCCCCCCC/C=C\C/C=C\C/C=C\CCCCCCC. The molecule has 6 heteroatoms. The number of carbonyl (C=O) groups is 3. The van der Waals surface area contributed by atoms with E-state index in [1.807, 2.05) is 6.08 Å². The molecule has 420 valence electrons. The number of hydrogen-bond donors (Lipinski definition) is 0. The fourth-order valence-corrected chi connectivity index (χ4v) is 8.13. The number of unbranched alkanes of at least 4 members (excludes halogenated alkanes) is 24. The van der Waals surface area contributed by atoms with Crippen molar-refractivity contribution >= 4 is 17.9 Å². The second-order valence-corrected chi connectivity index (χ2v) is 19.9. The molecule has 0 aromatic carbocycles. The van der Waals surface area contributed by atoms with E-state index in [0.717, 1.165) is 103 Å². The smallest absolute Gasteiger partial charge is 0.310 e. The summed E-state index contributed by atoms with van der Waals surface area (Å²) in [5.41, 5.74) is 0. The summed E-state index contributed by atoms with van der Waals surface area (Å²) in [6, 6.07) is 0. The van der Waals surface area contributed by atoms with Gasteiger partial charge in [-0.15, -0.1) is 0 Å². The molecule has 6 nitrogen and oxygen atoms in total. The molecule has 74 heavy (non-hydrogen) atoms. The summed E-state index contributed by atoms with van der Waals surface area (Å²) in [4.78, 5) is 38.1. The maximum atomic E-state index is 12.8. The van der Waals surface area contributed by atoms with Crippen molar-refractivity contribution in [2.24, 2.45) is 0 Å². The second-order valence-electron chi connectivity index (χ2n) is 19.9. The van der Waals surface area contributed by atoms with Crippen LogP contribution >= 0.6 is 0 Å². The first kappa shape index (κ1) is 69.8. The van der Waals surface area contributed by atoms with E-state index in [-0.39, 0.29) is 31.6 Å². The highest BCUT2D eigenvalue weighted by Crippen LogP contribution is 2.15. The molecule has 0 aromatic rings. The van der Waals surface area contributed by atoms with Crippen LogP contribution in [0.5, 0.6) is 0 Å². The van der Waals surface area contributed by atoms with Gasteiger partial charge in [0.15, 0.2) is 6.10 Å². The van der Waals surface area contributed by atoms with Crippen molar-refractivity contribution in [3.05, 3.63) is 122 Å². The van der Waals surface area contributed by atoms with E-state index in [1.165, 1.54) is 122 Å². The Morgan fingerprint density at radius 2 is 0.581 bits per heavy atom. The van der Waals surface area contributed by atoms with E-state index in [1.54, 1.807) is 6.08 Å². The van der Waals surface area contributed by atoms with Crippen molar-refractivity contribution in [1.29, 1.82) is 0 Å². The van der Waals surface area contributed by atoms with Gasteiger partial charge in [0.05, 0.1) is 6.42 Å². The van der Waals surface area contributed by atoms with Gasteiger partial charge < -0.3 is 14.2 Å². The molecular weight excluding hydrogens is 913 g/mol. The highest BCUT2D eigenvalue weighted by atomic mass is 16.6. The van der Waals surface area contributed by atoms with Crippen LogP contribution in [0.4, 0.5) is 0 Å². The molecule has 1 atom stereocenters. The molecule has 0 spiro atoms. The minimum Gasteiger partial charge on any atom is -0.462 e. The van der Waals surface area contributed by atoms with Crippen LogP contribution in [0.15, 0.2) is 122 Å². The number of carbonyl (C=O) groups excluding carboxylic acids is 3. The fourth-order valence-electron chi connectivity index (χ4n) is 8.13. The van der Waals surface area contributed by atoms with Crippen LogP contribution in [0.3, 0.4) is 0 Å². The Bertz CT molecular complexity index is 1550. The normalized spacial score (nSPS) is 13.0. The molecule has 0 bridgehead atoms. The minimum atomic E-state index is -0.842. The van der Waals surface area contributed by atoms with Crippen LogP contribution in [-0.4, -0.2) is 37.2 Å². The Hall–Kier alpha value is -4.19. The third-order valence-electron chi connectivity index (χ3n) is 12.7. The van der Waals surface area contributed by atoms with Crippen LogP contribution in [-0.2, 0) is 28.6 Å². The Kier molecular flexibility index (Phi) is 57.9. The largest absolute Gasteiger partial charge is 0.462 e. The van der Waals surface area contributed by atoms with E-state index in [9.17, 15) is 14.4 Å². The number of esters is 3. The Morgan fingerprint density at radius 1 is 0.297 bits per heavy atom. The van der Waals surface area contributed by atoms with E-state index < -0.39 is 12.1 Å². The lowest BCUT2D eigenvalue weighted by Crippen LogP contribution is -2.30. The molecule has 0 heterocycles. The van der Waals surface area contributed by atoms with Crippen LogP contribution in [0, 0.1) is 0 Å². The van der Waals surface area contributed by atoms with Crippen LogP contribution < -0.4 is 0 Å². The first-order valence-electron chi connectivity index (χ1n) is 30.5. The van der Waals surface area contributed by atoms with Gasteiger partial charge in [-0.25, -0.2) is 0 Å². The number of hydrogen-bond acceptors (Lipinski definition) is 6. The highest BCUT2D eigenvalue weighted by Gasteiger charge is 2.19. The molecule has 0 aliphatic rings. The molecule has 1 unspecified atom stereocenters. The van der Waals surface area contributed by atoms with Gasteiger partial charge in [0.25, 0.3) is 0 Å². The summed E-state index contributed by atoms with van der Waals surface area (Å²) in [5.74, 6) is -1.07. The van der Waals surface area contributed by atoms with Gasteiger partial charge in [-0.3, -0.25) is 14.4 Å². The number of ether oxygens (including phenoxy) is 3. The summed E-state index contributed by atoms with van der Waals surface area (Å²) < 4.78 is 16.8. The van der Waals surface area contributed by atoms with Crippen LogP contribution in [0.2, 0.25) is 0 Å². The minimum absolute atomic E-state index is 0.0899. The quantitative estimate of drug-likeness (QED) is 0.0261. The van der Waals surface area contributed by atoms with Crippen LogP contribution in [0.25, 0.3) is 0 Å². The molecule has 0 saturated carbocycles. The summed E-state index contributed by atoms with van der Waals surface area (Å²) in [5, 5.41) is 0. The third-order valence-corrected chi connectivity index (χ3v) is 12.7.